The lowest BCUT2D eigenvalue weighted by Crippen LogP contribution is -2.38. The normalized spacial score (nSPS) is 17.3. The van der Waals surface area contributed by atoms with Crippen molar-refractivity contribution < 1.29 is 17.6 Å². The summed E-state index contributed by atoms with van der Waals surface area (Å²) in [7, 11) is -4.10. The third kappa shape index (κ3) is 3.83. The van der Waals surface area contributed by atoms with Crippen molar-refractivity contribution in [2.75, 3.05) is 11.9 Å². The second-order valence-corrected chi connectivity index (χ2v) is 9.40. The lowest BCUT2D eigenvalue weighted by atomic mass is 9.97. The molecule has 1 aliphatic rings. The topological polar surface area (TPSA) is 66.5 Å². The molecule has 1 aliphatic heterocycles. The van der Waals surface area contributed by atoms with Gasteiger partial charge in [0, 0.05) is 10.2 Å². The molecule has 0 spiro atoms. The molecule has 1 heterocycles. The molecule has 3 aromatic carbocycles. The quantitative estimate of drug-likeness (QED) is 0.614. The Morgan fingerprint density at radius 1 is 1.00 bits per heavy atom. The molecule has 1 amide bonds. The van der Waals surface area contributed by atoms with Crippen LogP contribution < -0.4 is 5.32 Å². The molecule has 29 heavy (non-hydrogen) atoms. The van der Waals surface area contributed by atoms with Crippen molar-refractivity contribution in [3.63, 3.8) is 0 Å². The van der Waals surface area contributed by atoms with Gasteiger partial charge in [-0.15, -0.1) is 0 Å². The third-order valence-electron chi connectivity index (χ3n) is 4.71. The maximum atomic E-state index is 13.5. The van der Waals surface area contributed by atoms with Crippen LogP contribution in [-0.4, -0.2) is 25.2 Å². The van der Waals surface area contributed by atoms with E-state index in [-0.39, 0.29) is 11.4 Å². The average Bonchev–Trinajstić information content (AvgIpc) is 2.85. The van der Waals surface area contributed by atoms with Gasteiger partial charge >= 0.3 is 0 Å². The fourth-order valence-corrected chi connectivity index (χ4v) is 5.33. The van der Waals surface area contributed by atoms with Crippen molar-refractivity contribution in [2.24, 2.45) is 0 Å². The molecule has 1 N–H and O–H groups in total. The summed E-state index contributed by atoms with van der Waals surface area (Å²) in [4.78, 5) is 12.5. The Hall–Kier alpha value is -2.55. The fraction of sp³-hybridized carbons (Fsp3) is 0.0952. The van der Waals surface area contributed by atoms with Crippen molar-refractivity contribution >= 4 is 37.5 Å². The van der Waals surface area contributed by atoms with Crippen LogP contribution in [0.15, 0.2) is 82.2 Å². The monoisotopic (exact) mass is 474 g/mol. The highest BCUT2D eigenvalue weighted by Crippen LogP contribution is 2.39. The van der Waals surface area contributed by atoms with Crippen LogP contribution in [-0.2, 0) is 14.8 Å². The molecule has 0 unspecified atom stereocenters. The molecule has 0 fully saturated rings. The van der Waals surface area contributed by atoms with Crippen molar-refractivity contribution in [3.8, 4) is 0 Å². The van der Waals surface area contributed by atoms with Gasteiger partial charge in [-0.1, -0.05) is 46.3 Å². The highest BCUT2D eigenvalue weighted by atomic mass is 79.9. The standard InChI is InChI=1S/C21H16BrFN2O3S/c22-15-6-11-19-18(12-15)21(14-4-2-1-3-5-14)25(13-20(26)24-19)29(27,28)17-9-7-16(23)8-10-17/h1-12,21H,13H2,(H,24,26)/t21-/m1/s1. The van der Waals surface area contributed by atoms with Crippen LogP contribution in [0.5, 0.6) is 0 Å². The van der Waals surface area contributed by atoms with Crippen molar-refractivity contribution in [1.29, 1.82) is 0 Å². The summed E-state index contributed by atoms with van der Waals surface area (Å²) in [6.07, 6.45) is 0. The third-order valence-corrected chi connectivity index (χ3v) is 7.02. The largest absolute Gasteiger partial charge is 0.325 e. The van der Waals surface area contributed by atoms with Crippen molar-refractivity contribution in [2.45, 2.75) is 10.9 Å². The van der Waals surface area contributed by atoms with Crippen molar-refractivity contribution in [3.05, 3.63) is 94.2 Å². The highest BCUT2D eigenvalue weighted by Gasteiger charge is 2.38. The minimum atomic E-state index is -4.10. The van der Waals surface area contributed by atoms with Gasteiger partial charge in [0.25, 0.3) is 0 Å². The van der Waals surface area contributed by atoms with Gasteiger partial charge in [-0.2, -0.15) is 4.31 Å². The maximum absolute atomic E-state index is 13.5. The molecule has 1 atom stereocenters. The number of sulfonamides is 1. The predicted octanol–water partition coefficient (Wildman–Crippen LogP) is 4.32. The Labute approximate surface area is 176 Å². The summed E-state index contributed by atoms with van der Waals surface area (Å²) < 4.78 is 42.2. The van der Waals surface area contributed by atoms with Gasteiger partial charge in [-0.25, -0.2) is 12.8 Å². The van der Waals surface area contributed by atoms with E-state index in [9.17, 15) is 17.6 Å². The van der Waals surface area contributed by atoms with E-state index in [0.29, 0.717) is 16.8 Å². The first-order valence-corrected chi connectivity index (χ1v) is 11.0. The van der Waals surface area contributed by atoms with E-state index in [2.05, 4.69) is 21.2 Å². The highest BCUT2D eigenvalue weighted by molar-refractivity contribution is 9.10. The van der Waals surface area contributed by atoms with E-state index in [0.717, 1.165) is 20.9 Å². The van der Waals surface area contributed by atoms with Crippen LogP contribution in [0, 0.1) is 5.82 Å². The number of carbonyl (C=O) groups excluding carboxylic acids is 1. The molecular formula is C21H16BrFN2O3S. The SMILES string of the molecule is O=C1CN(S(=O)(=O)c2ccc(F)cc2)[C@H](c2ccccc2)c2cc(Br)ccc2N1. The number of hydrogen-bond acceptors (Lipinski definition) is 3. The number of carbonyl (C=O) groups is 1. The van der Waals surface area contributed by atoms with Gasteiger partial charge in [0.2, 0.25) is 15.9 Å². The molecule has 0 aromatic heterocycles. The Balaban J connectivity index is 1.95. The number of halogens is 2. The second kappa shape index (κ2) is 7.70. The van der Waals surface area contributed by atoms with E-state index in [1.165, 1.54) is 12.1 Å². The van der Waals surface area contributed by atoms with Gasteiger partial charge < -0.3 is 5.32 Å². The minimum absolute atomic E-state index is 0.0777. The van der Waals surface area contributed by atoms with E-state index < -0.39 is 27.8 Å². The first kappa shape index (κ1) is 19.8. The van der Waals surface area contributed by atoms with Gasteiger partial charge in [0.1, 0.15) is 5.82 Å². The molecule has 4 rings (SSSR count). The summed E-state index contributed by atoms with van der Waals surface area (Å²) in [6, 6.07) is 18.3. The first-order chi connectivity index (χ1) is 13.9. The molecule has 0 bridgehead atoms. The predicted molar refractivity (Wildman–Crippen MR) is 111 cm³/mol. The first-order valence-electron chi connectivity index (χ1n) is 8.78. The summed E-state index contributed by atoms with van der Waals surface area (Å²) in [5.74, 6) is -0.982. The number of nitrogens with zero attached hydrogens (tertiary/aromatic N) is 1. The zero-order chi connectivity index (χ0) is 20.6. The lowest BCUT2D eigenvalue weighted by Gasteiger charge is -2.29. The number of rotatable bonds is 3. The number of fused-ring (bicyclic) bond motifs is 1. The summed E-state index contributed by atoms with van der Waals surface area (Å²) in [6.45, 7) is -0.369. The summed E-state index contributed by atoms with van der Waals surface area (Å²) in [5.41, 5.74) is 1.90. The molecule has 0 radical (unpaired) electrons. The fourth-order valence-electron chi connectivity index (χ4n) is 3.40. The Morgan fingerprint density at radius 2 is 1.69 bits per heavy atom. The Kier molecular flexibility index (Phi) is 5.24. The minimum Gasteiger partial charge on any atom is -0.325 e. The number of amides is 1. The zero-order valence-electron chi connectivity index (χ0n) is 15.0. The van der Waals surface area contributed by atoms with Crippen molar-refractivity contribution in [1.82, 2.24) is 4.31 Å². The van der Waals surface area contributed by atoms with Crippen LogP contribution in [0.2, 0.25) is 0 Å². The molecule has 0 saturated heterocycles. The van der Waals surface area contributed by atoms with E-state index >= 15 is 0 Å². The summed E-state index contributed by atoms with van der Waals surface area (Å²) >= 11 is 3.43. The number of anilines is 1. The number of benzene rings is 3. The second-order valence-electron chi connectivity index (χ2n) is 6.60. The van der Waals surface area contributed by atoms with Crippen LogP contribution in [0.4, 0.5) is 10.1 Å². The van der Waals surface area contributed by atoms with Crippen LogP contribution in [0.1, 0.15) is 17.2 Å². The molecule has 3 aromatic rings. The van der Waals surface area contributed by atoms with E-state index in [4.69, 9.17) is 0 Å². The Morgan fingerprint density at radius 3 is 2.38 bits per heavy atom. The van der Waals surface area contributed by atoms with Gasteiger partial charge in [0.05, 0.1) is 17.5 Å². The van der Waals surface area contributed by atoms with Crippen LogP contribution >= 0.6 is 15.9 Å². The molecular weight excluding hydrogens is 459 g/mol. The average molecular weight is 475 g/mol. The van der Waals surface area contributed by atoms with Gasteiger partial charge in [-0.3, -0.25) is 4.79 Å². The smallest absolute Gasteiger partial charge is 0.244 e. The van der Waals surface area contributed by atoms with Gasteiger partial charge in [-0.05, 0) is 53.6 Å². The Bertz CT molecular complexity index is 1170. The molecule has 0 aliphatic carbocycles. The zero-order valence-corrected chi connectivity index (χ0v) is 17.5. The molecule has 8 heteroatoms. The van der Waals surface area contributed by atoms with Crippen LogP contribution in [0.25, 0.3) is 0 Å². The van der Waals surface area contributed by atoms with Gasteiger partial charge in [0.15, 0.2) is 0 Å². The molecule has 5 nitrogen and oxygen atoms in total. The van der Waals surface area contributed by atoms with E-state index in [1.807, 2.05) is 30.3 Å². The maximum Gasteiger partial charge on any atom is 0.244 e. The number of hydrogen-bond donors (Lipinski definition) is 1. The number of nitrogens with one attached hydrogen (secondary N) is 1. The summed E-state index contributed by atoms with van der Waals surface area (Å²) in [5, 5.41) is 2.79. The molecule has 148 valence electrons. The van der Waals surface area contributed by atoms with E-state index in [1.54, 1.807) is 18.2 Å². The molecule has 0 saturated carbocycles. The van der Waals surface area contributed by atoms with Crippen LogP contribution in [0.3, 0.4) is 0 Å². The lowest BCUT2D eigenvalue weighted by molar-refractivity contribution is -0.116.